The Morgan fingerprint density at radius 3 is 2.31 bits per heavy atom. The van der Waals surface area contributed by atoms with Crippen LogP contribution in [0.3, 0.4) is 0 Å². The van der Waals surface area contributed by atoms with Gasteiger partial charge in [0.25, 0.3) is 0 Å². The largest absolute Gasteiger partial charge is 0.393 e. The third kappa shape index (κ3) is 3.58. The van der Waals surface area contributed by atoms with E-state index in [4.69, 9.17) is 14.2 Å². The van der Waals surface area contributed by atoms with Crippen molar-refractivity contribution in [3.05, 3.63) is 0 Å². The Hall–Kier alpha value is -0.200. The summed E-state index contributed by atoms with van der Waals surface area (Å²) in [6.45, 7) is 10.2. The topological polar surface area (TPSA) is 71.5 Å². The molecule has 0 aromatic carbocycles. The molecule has 5 heteroatoms. The highest BCUT2D eigenvalue weighted by atomic mass is 16.7. The van der Waals surface area contributed by atoms with Crippen molar-refractivity contribution in [1.29, 1.82) is 0 Å². The van der Waals surface area contributed by atoms with Crippen LogP contribution in [0.2, 0.25) is 0 Å². The molecule has 2 N–H and O–H groups in total. The number of aliphatic hydroxyl groups excluding tert-OH is 2. The molecule has 0 spiro atoms. The molecule has 1 heterocycles. The lowest BCUT2D eigenvalue weighted by molar-refractivity contribution is -0.266. The molecule has 36 heavy (non-hydrogen) atoms. The number of hydrogen-bond acceptors (Lipinski definition) is 5. The Balaban J connectivity index is 1.22. The second-order valence-corrected chi connectivity index (χ2v) is 14.8. The lowest BCUT2D eigenvalue weighted by Crippen LogP contribution is -2.61. The van der Waals surface area contributed by atoms with Crippen LogP contribution in [-0.4, -0.2) is 54.6 Å². The molecule has 0 amide bonds. The zero-order chi connectivity index (χ0) is 25.7. The lowest BCUT2D eigenvalue weighted by atomic mass is 9.43. The average Bonchev–Trinajstić information content (AvgIpc) is 3.77. The van der Waals surface area contributed by atoms with Gasteiger partial charge in [-0.25, -0.2) is 0 Å². The van der Waals surface area contributed by atoms with Crippen molar-refractivity contribution in [3.63, 3.8) is 0 Å². The Labute approximate surface area is 219 Å². The third-order valence-electron chi connectivity index (χ3n) is 13.6. The first-order valence-electron chi connectivity index (χ1n) is 15.1. The highest BCUT2D eigenvalue weighted by Gasteiger charge is 2.71. The van der Waals surface area contributed by atoms with Gasteiger partial charge in [-0.2, -0.15) is 0 Å². The summed E-state index contributed by atoms with van der Waals surface area (Å²) in [5, 5.41) is 23.5. The SMILES string of the molecule is COC1(OC)CC[C@]2(C)C3C[C@@H](O)[C@@]4(C)C(CC[C@@H]4[C@]4([C@H](O)C[C@@H](C)C5CC5C)CO4)C3CC[C@H]2C1. The minimum atomic E-state index is -0.432. The number of aliphatic hydroxyl groups is 2. The predicted octanol–water partition coefficient (Wildman–Crippen LogP) is 5.42. The van der Waals surface area contributed by atoms with Gasteiger partial charge in [0.15, 0.2) is 5.79 Å². The van der Waals surface area contributed by atoms with Crippen molar-refractivity contribution in [2.24, 2.45) is 58.2 Å². The summed E-state index contributed by atoms with van der Waals surface area (Å²) >= 11 is 0. The Kier molecular flexibility index (Phi) is 6.26. The fourth-order valence-electron chi connectivity index (χ4n) is 11.0. The normalized spacial score (nSPS) is 54.7. The molecule has 0 bridgehead atoms. The molecule has 6 aliphatic rings. The summed E-state index contributed by atoms with van der Waals surface area (Å²) in [4.78, 5) is 0. The van der Waals surface area contributed by atoms with Crippen LogP contribution in [0, 0.1) is 58.2 Å². The lowest BCUT2D eigenvalue weighted by Gasteiger charge is -2.63. The van der Waals surface area contributed by atoms with E-state index in [2.05, 4.69) is 27.7 Å². The number of ether oxygens (including phenoxy) is 3. The summed E-state index contributed by atoms with van der Waals surface area (Å²) in [7, 11) is 3.59. The van der Waals surface area contributed by atoms with E-state index >= 15 is 0 Å². The molecule has 206 valence electrons. The van der Waals surface area contributed by atoms with Crippen LogP contribution < -0.4 is 0 Å². The maximum absolute atomic E-state index is 11.9. The van der Waals surface area contributed by atoms with Crippen LogP contribution in [0.25, 0.3) is 0 Å². The number of fused-ring (bicyclic) bond motifs is 5. The summed E-state index contributed by atoms with van der Waals surface area (Å²) in [6, 6.07) is 0. The monoisotopic (exact) mass is 504 g/mol. The first-order chi connectivity index (χ1) is 17.0. The average molecular weight is 505 g/mol. The molecule has 5 unspecified atom stereocenters. The van der Waals surface area contributed by atoms with E-state index in [1.807, 2.05) is 0 Å². The molecule has 5 nitrogen and oxygen atoms in total. The first-order valence-corrected chi connectivity index (χ1v) is 15.1. The van der Waals surface area contributed by atoms with Crippen molar-refractivity contribution in [3.8, 4) is 0 Å². The standard InChI is InChI=1S/C31H52O5/c1-18-13-22(18)19(2)14-27(33)31(17-36-31)25-10-9-23-21-8-7-20-16-30(34-5,35-6)12-11-28(20,3)24(21)15-26(32)29(23,25)4/h18-27,32-33H,7-17H2,1-6H3/t18?,19-,20+,21?,22?,23?,24?,25+,26-,27-,28+,29+,31+/m1/s1. The highest BCUT2D eigenvalue weighted by molar-refractivity contribution is 5.19. The molecule has 0 aromatic rings. The van der Waals surface area contributed by atoms with Gasteiger partial charge in [0, 0.05) is 38.4 Å². The Morgan fingerprint density at radius 2 is 1.69 bits per heavy atom. The predicted molar refractivity (Wildman–Crippen MR) is 139 cm³/mol. The second kappa shape index (κ2) is 8.65. The fraction of sp³-hybridized carbons (Fsp3) is 1.00. The Bertz CT molecular complexity index is 837. The molecular weight excluding hydrogens is 452 g/mol. The van der Waals surface area contributed by atoms with Crippen LogP contribution in [0.1, 0.15) is 91.9 Å². The van der Waals surface area contributed by atoms with Gasteiger partial charge >= 0.3 is 0 Å². The van der Waals surface area contributed by atoms with Crippen molar-refractivity contribution < 1.29 is 24.4 Å². The zero-order valence-corrected chi connectivity index (χ0v) is 23.7. The van der Waals surface area contributed by atoms with Gasteiger partial charge in [-0.15, -0.1) is 0 Å². The number of epoxide rings is 1. The molecule has 0 radical (unpaired) electrons. The minimum absolute atomic E-state index is 0.157. The van der Waals surface area contributed by atoms with E-state index in [1.54, 1.807) is 14.2 Å². The van der Waals surface area contributed by atoms with E-state index in [1.165, 1.54) is 25.7 Å². The van der Waals surface area contributed by atoms with Crippen LogP contribution in [0.15, 0.2) is 0 Å². The van der Waals surface area contributed by atoms with Crippen molar-refractivity contribution in [1.82, 2.24) is 0 Å². The highest BCUT2D eigenvalue weighted by Crippen LogP contribution is 2.71. The molecule has 1 saturated heterocycles. The minimum Gasteiger partial charge on any atom is -0.393 e. The van der Waals surface area contributed by atoms with Crippen LogP contribution >= 0.6 is 0 Å². The van der Waals surface area contributed by atoms with Crippen LogP contribution in [0.4, 0.5) is 0 Å². The molecule has 6 rings (SSSR count). The van der Waals surface area contributed by atoms with E-state index < -0.39 is 17.5 Å². The summed E-state index contributed by atoms with van der Waals surface area (Å²) < 4.78 is 18.0. The molecular formula is C31H52O5. The number of rotatable bonds is 7. The van der Waals surface area contributed by atoms with Gasteiger partial charge in [0.05, 0.1) is 18.8 Å². The van der Waals surface area contributed by atoms with E-state index in [0.29, 0.717) is 36.2 Å². The third-order valence-corrected chi connectivity index (χ3v) is 13.6. The zero-order valence-electron chi connectivity index (χ0n) is 23.7. The molecule has 5 saturated carbocycles. The van der Waals surface area contributed by atoms with Crippen LogP contribution in [0.5, 0.6) is 0 Å². The Morgan fingerprint density at radius 1 is 1.00 bits per heavy atom. The van der Waals surface area contributed by atoms with Crippen molar-refractivity contribution in [2.75, 3.05) is 20.8 Å². The van der Waals surface area contributed by atoms with Crippen molar-refractivity contribution >= 4 is 0 Å². The van der Waals surface area contributed by atoms with Gasteiger partial charge in [0.1, 0.15) is 5.60 Å². The van der Waals surface area contributed by atoms with Gasteiger partial charge in [-0.3, -0.25) is 0 Å². The fourth-order valence-corrected chi connectivity index (χ4v) is 11.0. The first kappa shape index (κ1) is 26.0. The number of methoxy groups -OCH3 is 2. The van der Waals surface area contributed by atoms with E-state index in [0.717, 1.165) is 50.4 Å². The smallest absolute Gasteiger partial charge is 0.167 e. The molecule has 6 fully saturated rings. The van der Waals surface area contributed by atoms with Crippen molar-refractivity contribution in [2.45, 2.75) is 115 Å². The molecule has 5 aliphatic carbocycles. The summed E-state index contributed by atoms with van der Waals surface area (Å²) in [5.74, 6) is 4.30. The van der Waals surface area contributed by atoms with Gasteiger partial charge in [-0.05, 0) is 98.2 Å². The maximum atomic E-state index is 11.9. The van der Waals surface area contributed by atoms with Crippen LogP contribution in [-0.2, 0) is 14.2 Å². The number of hydrogen-bond donors (Lipinski definition) is 2. The maximum Gasteiger partial charge on any atom is 0.167 e. The van der Waals surface area contributed by atoms with Gasteiger partial charge in [0.2, 0.25) is 0 Å². The summed E-state index contributed by atoms with van der Waals surface area (Å²) in [5.41, 5.74) is -0.338. The van der Waals surface area contributed by atoms with Gasteiger partial charge in [-0.1, -0.05) is 27.7 Å². The second-order valence-electron chi connectivity index (χ2n) is 14.8. The van der Waals surface area contributed by atoms with Gasteiger partial charge < -0.3 is 24.4 Å². The molecule has 13 atom stereocenters. The van der Waals surface area contributed by atoms with E-state index in [-0.39, 0.29) is 22.9 Å². The quantitative estimate of drug-likeness (QED) is 0.358. The molecule has 1 aliphatic heterocycles. The molecule has 0 aromatic heterocycles. The summed E-state index contributed by atoms with van der Waals surface area (Å²) in [6.07, 6.45) is 10.1. The van der Waals surface area contributed by atoms with E-state index in [9.17, 15) is 10.2 Å².